The summed E-state index contributed by atoms with van der Waals surface area (Å²) in [6, 6.07) is 6.83. The number of hydrogen-bond donors (Lipinski definition) is 1. The molecule has 0 unspecified atom stereocenters. The molecular formula is C28H38N6O3. The Morgan fingerprint density at radius 1 is 1.05 bits per heavy atom. The van der Waals surface area contributed by atoms with Crippen molar-refractivity contribution in [2.24, 2.45) is 5.41 Å². The van der Waals surface area contributed by atoms with Gasteiger partial charge in [0.25, 0.3) is 0 Å². The number of para-hydroxylation sites is 1. The summed E-state index contributed by atoms with van der Waals surface area (Å²) in [6.45, 7) is 7.11. The number of anilines is 1. The Morgan fingerprint density at radius 3 is 2.59 bits per heavy atom. The molecule has 0 bridgehead atoms. The minimum Gasteiger partial charge on any atom is -0.345 e. The zero-order valence-corrected chi connectivity index (χ0v) is 22.2. The minimum atomic E-state index is -0.590. The van der Waals surface area contributed by atoms with Gasteiger partial charge in [0, 0.05) is 30.9 Å². The van der Waals surface area contributed by atoms with E-state index in [1.165, 1.54) is 5.56 Å². The Bertz CT molecular complexity index is 1160. The third kappa shape index (κ3) is 5.40. The molecule has 1 saturated heterocycles. The molecule has 198 valence electrons. The maximum Gasteiger partial charge on any atom is 0.248 e. The molecule has 5 rings (SSSR count). The Kier molecular flexibility index (Phi) is 7.05. The van der Waals surface area contributed by atoms with Crippen LogP contribution in [0.5, 0.6) is 0 Å². The highest BCUT2D eigenvalue weighted by atomic mass is 16.2. The number of aryl methyl sites for hydroxylation is 1. The summed E-state index contributed by atoms with van der Waals surface area (Å²) < 4.78 is 1.68. The molecule has 2 atom stereocenters. The number of carbonyl (C=O) groups is 3. The largest absolute Gasteiger partial charge is 0.345 e. The van der Waals surface area contributed by atoms with Gasteiger partial charge in [0.2, 0.25) is 17.7 Å². The summed E-state index contributed by atoms with van der Waals surface area (Å²) in [5.41, 5.74) is 2.62. The fourth-order valence-electron chi connectivity index (χ4n) is 5.65. The predicted molar refractivity (Wildman–Crippen MR) is 140 cm³/mol. The van der Waals surface area contributed by atoms with Gasteiger partial charge in [0.15, 0.2) is 0 Å². The molecule has 2 aromatic rings. The van der Waals surface area contributed by atoms with Crippen molar-refractivity contribution >= 4 is 23.4 Å². The second kappa shape index (κ2) is 10.3. The van der Waals surface area contributed by atoms with Crippen molar-refractivity contribution in [1.29, 1.82) is 0 Å². The van der Waals surface area contributed by atoms with E-state index in [-0.39, 0.29) is 24.3 Å². The van der Waals surface area contributed by atoms with E-state index in [0.29, 0.717) is 25.4 Å². The standard InChI is InChI=1S/C28H38N6O3/c1-28(2,3)25(34-18-21(30-31-34)19-13-14-19)27(37)33-16-8-12-23(33)26(36)29-17-24(35)32-15-7-6-10-20-9-4-5-11-22(20)32/h4-5,9,11,18-19,23,25H,6-8,10,12-17H2,1-3H3,(H,29,36)/t23-,25+/m0/s1. The monoisotopic (exact) mass is 506 g/mol. The van der Waals surface area contributed by atoms with Gasteiger partial charge < -0.3 is 15.1 Å². The molecule has 1 aromatic carbocycles. The normalized spacial score (nSPS) is 20.8. The average molecular weight is 507 g/mol. The number of aromatic nitrogens is 3. The summed E-state index contributed by atoms with van der Waals surface area (Å²) in [5.74, 6) is -0.0674. The number of nitrogens with zero attached hydrogens (tertiary/aromatic N) is 5. The van der Waals surface area contributed by atoms with Crippen LogP contribution in [-0.2, 0) is 20.8 Å². The predicted octanol–water partition coefficient (Wildman–Crippen LogP) is 3.22. The van der Waals surface area contributed by atoms with Crippen molar-refractivity contribution in [3.05, 3.63) is 41.7 Å². The van der Waals surface area contributed by atoms with Crippen LogP contribution in [0, 0.1) is 5.41 Å². The highest BCUT2D eigenvalue weighted by Gasteiger charge is 2.43. The second-order valence-electron chi connectivity index (χ2n) is 11.7. The van der Waals surface area contributed by atoms with Crippen LogP contribution in [0.2, 0.25) is 0 Å². The number of hydrogen-bond acceptors (Lipinski definition) is 5. The summed E-state index contributed by atoms with van der Waals surface area (Å²) in [7, 11) is 0. The average Bonchev–Trinajstić information content (AvgIpc) is 3.47. The van der Waals surface area contributed by atoms with Crippen LogP contribution in [-0.4, -0.2) is 63.3 Å². The number of amides is 3. The molecule has 37 heavy (non-hydrogen) atoms. The third-order valence-electron chi connectivity index (χ3n) is 7.76. The van der Waals surface area contributed by atoms with Gasteiger partial charge in [0.05, 0.1) is 12.2 Å². The molecule has 2 aliphatic heterocycles. The van der Waals surface area contributed by atoms with E-state index in [0.717, 1.165) is 49.9 Å². The van der Waals surface area contributed by atoms with Crippen LogP contribution in [0.25, 0.3) is 0 Å². The van der Waals surface area contributed by atoms with Gasteiger partial charge in [-0.15, -0.1) is 5.10 Å². The van der Waals surface area contributed by atoms with Crippen LogP contribution in [0.3, 0.4) is 0 Å². The summed E-state index contributed by atoms with van der Waals surface area (Å²) >= 11 is 0. The molecule has 3 heterocycles. The molecule has 3 aliphatic rings. The van der Waals surface area contributed by atoms with Gasteiger partial charge >= 0.3 is 0 Å². The first-order valence-electron chi connectivity index (χ1n) is 13.6. The van der Waals surface area contributed by atoms with Crippen molar-refractivity contribution in [3.63, 3.8) is 0 Å². The van der Waals surface area contributed by atoms with E-state index in [1.807, 2.05) is 45.2 Å². The first-order valence-corrected chi connectivity index (χ1v) is 13.6. The molecule has 9 heteroatoms. The lowest BCUT2D eigenvalue weighted by Crippen LogP contribution is -2.51. The van der Waals surface area contributed by atoms with Gasteiger partial charge in [-0.1, -0.05) is 44.2 Å². The van der Waals surface area contributed by atoms with Gasteiger partial charge in [-0.25, -0.2) is 4.68 Å². The Labute approximate surface area is 218 Å². The molecule has 1 aliphatic carbocycles. The Morgan fingerprint density at radius 2 is 1.84 bits per heavy atom. The van der Waals surface area contributed by atoms with Gasteiger partial charge in [-0.2, -0.15) is 0 Å². The number of carbonyl (C=O) groups excluding carboxylic acids is 3. The molecule has 3 amide bonds. The zero-order valence-electron chi connectivity index (χ0n) is 22.2. The zero-order chi connectivity index (χ0) is 26.2. The topological polar surface area (TPSA) is 100 Å². The van der Waals surface area contributed by atoms with Crippen molar-refractivity contribution in [2.75, 3.05) is 24.5 Å². The highest BCUT2D eigenvalue weighted by molar-refractivity contribution is 5.98. The van der Waals surface area contributed by atoms with Crippen LogP contribution < -0.4 is 10.2 Å². The van der Waals surface area contributed by atoms with Crippen molar-refractivity contribution in [3.8, 4) is 0 Å². The minimum absolute atomic E-state index is 0.0811. The fraction of sp³-hybridized carbons (Fsp3) is 0.607. The molecule has 0 radical (unpaired) electrons. The molecule has 1 aromatic heterocycles. The first kappa shape index (κ1) is 25.4. The van der Waals surface area contributed by atoms with E-state index in [1.54, 1.807) is 14.5 Å². The number of fused-ring (bicyclic) bond motifs is 1. The molecule has 0 spiro atoms. The number of nitrogens with one attached hydrogen (secondary N) is 1. The Balaban J connectivity index is 1.26. The molecule has 9 nitrogen and oxygen atoms in total. The van der Waals surface area contributed by atoms with Crippen molar-refractivity contribution in [2.45, 2.75) is 83.7 Å². The number of benzene rings is 1. The molecule has 2 fully saturated rings. The third-order valence-corrected chi connectivity index (χ3v) is 7.76. The summed E-state index contributed by atoms with van der Waals surface area (Å²) in [4.78, 5) is 43.7. The van der Waals surface area contributed by atoms with Gasteiger partial charge in [-0.05, 0) is 62.0 Å². The quantitative estimate of drug-likeness (QED) is 0.648. The Hall–Kier alpha value is -3.23. The number of likely N-dealkylation sites (tertiary alicyclic amines) is 1. The lowest BCUT2D eigenvalue weighted by molar-refractivity contribution is -0.144. The van der Waals surface area contributed by atoms with Crippen LogP contribution in [0.4, 0.5) is 5.69 Å². The highest BCUT2D eigenvalue weighted by Crippen LogP contribution is 2.40. The van der Waals surface area contributed by atoms with E-state index < -0.39 is 17.5 Å². The fourth-order valence-corrected chi connectivity index (χ4v) is 5.65. The summed E-state index contributed by atoms with van der Waals surface area (Å²) in [5, 5.41) is 11.5. The van der Waals surface area contributed by atoms with Crippen molar-refractivity contribution in [1.82, 2.24) is 25.2 Å². The van der Waals surface area contributed by atoms with Crippen LogP contribution in [0.15, 0.2) is 30.5 Å². The molecule has 1 N–H and O–H groups in total. The van der Waals surface area contributed by atoms with E-state index in [9.17, 15) is 14.4 Å². The van der Waals surface area contributed by atoms with E-state index >= 15 is 0 Å². The SMILES string of the molecule is CC(C)(C)[C@@H](C(=O)N1CCC[C@H]1C(=O)NCC(=O)N1CCCCc2ccccc21)n1cc(C2CC2)nn1. The maximum atomic E-state index is 13.8. The lowest BCUT2D eigenvalue weighted by atomic mass is 9.85. The van der Waals surface area contributed by atoms with E-state index in [4.69, 9.17) is 0 Å². The van der Waals surface area contributed by atoms with E-state index in [2.05, 4.69) is 21.7 Å². The number of rotatable bonds is 6. The van der Waals surface area contributed by atoms with Crippen LogP contribution in [0.1, 0.15) is 82.5 Å². The molecule has 1 saturated carbocycles. The molecular weight excluding hydrogens is 468 g/mol. The van der Waals surface area contributed by atoms with Gasteiger partial charge in [-0.3, -0.25) is 14.4 Å². The smallest absolute Gasteiger partial charge is 0.248 e. The van der Waals surface area contributed by atoms with Gasteiger partial charge in [0.1, 0.15) is 12.1 Å². The lowest BCUT2D eigenvalue weighted by Gasteiger charge is -2.34. The van der Waals surface area contributed by atoms with Crippen LogP contribution >= 0.6 is 0 Å². The maximum absolute atomic E-state index is 13.8. The second-order valence-corrected chi connectivity index (χ2v) is 11.7. The first-order chi connectivity index (χ1) is 17.7. The summed E-state index contributed by atoms with van der Waals surface area (Å²) in [6.07, 6.45) is 8.38. The van der Waals surface area contributed by atoms with Crippen molar-refractivity contribution < 1.29 is 14.4 Å².